The molecule has 0 aliphatic rings. The first-order chi connectivity index (χ1) is 12.8. The molecular formula is C18H10Cl3NO5. The van der Waals surface area contributed by atoms with E-state index in [0.29, 0.717) is 16.0 Å². The van der Waals surface area contributed by atoms with Crippen LogP contribution in [0.2, 0.25) is 15.1 Å². The van der Waals surface area contributed by atoms with Gasteiger partial charge in [-0.05, 0) is 24.3 Å². The average molecular weight is 427 g/mol. The molecule has 0 unspecified atom stereocenters. The van der Waals surface area contributed by atoms with Gasteiger partial charge < -0.3 is 14.5 Å². The molecule has 1 N–H and O–H groups in total. The summed E-state index contributed by atoms with van der Waals surface area (Å²) in [5, 5.41) is 3.52. The second-order valence-corrected chi connectivity index (χ2v) is 6.60. The molecule has 0 saturated carbocycles. The van der Waals surface area contributed by atoms with Crippen molar-refractivity contribution in [2.75, 3.05) is 11.9 Å². The van der Waals surface area contributed by atoms with Crippen molar-refractivity contribution in [3.63, 3.8) is 0 Å². The number of ether oxygens (including phenoxy) is 1. The lowest BCUT2D eigenvalue weighted by molar-refractivity contribution is -0.119. The number of rotatable bonds is 4. The smallest absolute Gasteiger partial charge is 0.351 e. The quantitative estimate of drug-likeness (QED) is 0.489. The summed E-state index contributed by atoms with van der Waals surface area (Å²) < 4.78 is 9.93. The Morgan fingerprint density at radius 1 is 1.04 bits per heavy atom. The summed E-state index contributed by atoms with van der Waals surface area (Å²) in [7, 11) is 0. The summed E-state index contributed by atoms with van der Waals surface area (Å²) in [5.74, 6) is -1.68. The van der Waals surface area contributed by atoms with Gasteiger partial charge in [0.25, 0.3) is 5.91 Å². The van der Waals surface area contributed by atoms with Crippen molar-refractivity contribution in [3.05, 3.63) is 73.5 Å². The van der Waals surface area contributed by atoms with Gasteiger partial charge in [0, 0.05) is 10.4 Å². The zero-order chi connectivity index (χ0) is 19.6. The molecule has 0 spiro atoms. The van der Waals surface area contributed by atoms with E-state index >= 15 is 0 Å². The van der Waals surface area contributed by atoms with Crippen molar-refractivity contribution in [2.45, 2.75) is 0 Å². The van der Waals surface area contributed by atoms with Crippen LogP contribution in [0.4, 0.5) is 5.69 Å². The van der Waals surface area contributed by atoms with Crippen LogP contribution in [0.3, 0.4) is 0 Å². The highest BCUT2D eigenvalue weighted by molar-refractivity contribution is 6.42. The van der Waals surface area contributed by atoms with Crippen molar-refractivity contribution in [3.8, 4) is 0 Å². The second kappa shape index (κ2) is 8.00. The molecule has 0 fully saturated rings. The monoisotopic (exact) mass is 425 g/mol. The molecule has 2 aromatic carbocycles. The molecular weight excluding hydrogens is 417 g/mol. The third kappa shape index (κ3) is 4.42. The zero-order valence-corrected chi connectivity index (χ0v) is 15.7. The predicted molar refractivity (Wildman–Crippen MR) is 103 cm³/mol. The molecule has 6 nitrogen and oxygen atoms in total. The number of carbonyl (C=O) groups excluding carboxylic acids is 2. The lowest BCUT2D eigenvalue weighted by Gasteiger charge is -2.10. The van der Waals surface area contributed by atoms with Gasteiger partial charge in [-0.15, -0.1) is 0 Å². The Labute approximate surface area is 167 Å². The molecule has 1 aromatic heterocycles. The van der Waals surface area contributed by atoms with E-state index in [1.807, 2.05) is 0 Å². The minimum absolute atomic E-state index is 0.127. The molecule has 138 valence electrons. The Morgan fingerprint density at radius 2 is 1.70 bits per heavy atom. The van der Waals surface area contributed by atoms with E-state index in [4.69, 9.17) is 44.0 Å². The highest BCUT2D eigenvalue weighted by Gasteiger charge is 2.18. The first-order valence-electron chi connectivity index (χ1n) is 7.49. The summed E-state index contributed by atoms with van der Waals surface area (Å²) in [5.41, 5.74) is -0.704. The molecule has 0 aliphatic heterocycles. The Morgan fingerprint density at radius 3 is 2.41 bits per heavy atom. The molecule has 1 heterocycles. The maximum atomic E-state index is 12.1. The Hall–Kier alpha value is -2.54. The fourth-order valence-corrected chi connectivity index (χ4v) is 3.16. The number of hydrogen-bond donors (Lipinski definition) is 1. The van der Waals surface area contributed by atoms with Crippen LogP contribution in [-0.4, -0.2) is 18.5 Å². The maximum absolute atomic E-state index is 12.1. The highest BCUT2D eigenvalue weighted by Crippen LogP contribution is 2.33. The topological polar surface area (TPSA) is 85.6 Å². The number of anilines is 1. The first kappa shape index (κ1) is 19.2. The SMILES string of the molecule is O=C(COC(=O)c1cc2ccccc2oc1=O)Nc1c(Cl)cc(Cl)cc1Cl. The van der Waals surface area contributed by atoms with Gasteiger partial charge in [-0.1, -0.05) is 53.0 Å². The van der Waals surface area contributed by atoms with E-state index in [1.165, 1.54) is 18.2 Å². The molecule has 9 heteroatoms. The largest absolute Gasteiger partial charge is 0.452 e. The third-order valence-electron chi connectivity index (χ3n) is 3.47. The van der Waals surface area contributed by atoms with Gasteiger partial charge >= 0.3 is 11.6 Å². The van der Waals surface area contributed by atoms with E-state index < -0.39 is 24.1 Å². The van der Waals surface area contributed by atoms with Crippen LogP contribution in [0.5, 0.6) is 0 Å². The van der Waals surface area contributed by atoms with Crippen molar-refractivity contribution >= 4 is 63.3 Å². The molecule has 3 rings (SSSR count). The van der Waals surface area contributed by atoms with E-state index in [2.05, 4.69) is 5.32 Å². The van der Waals surface area contributed by atoms with Gasteiger partial charge in [-0.2, -0.15) is 0 Å². The average Bonchev–Trinajstić information content (AvgIpc) is 2.62. The number of fused-ring (bicyclic) bond motifs is 1. The standard InChI is InChI=1S/C18H10Cl3NO5/c19-10-6-12(20)16(13(21)7-10)22-15(23)8-26-17(24)11-5-9-3-1-2-4-14(9)27-18(11)25/h1-7H,8H2,(H,22,23). The highest BCUT2D eigenvalue weighted by atomic mass is 35.5. The molecule has 3 aromatic rings. The summed E-state index contributed by atoms with van der Waals surface area (Å²) in [4.78, 5) is 36.0. The van der Waals surface area contributed by atoms with E-state index in [9.17, 15) is 14.4 Å². The number of esters is 1. The first-order valence-corrected chi connectivity index (χ1v) is 8.63. The van der Waals surface area contributed by atoms with Gasteiger partial charge in [-0.3, -0.25) is 4.79 Å². The molecule has 1 amide bonds. The van der Waals surface area contributed by atoms with Crippen molar-refractivity contribution in [1.29, 1.82) is 0 Å². The summed E-state index contributed by atoms with van der Waals surface area (Å²) in [6.45, 7) is -0.652. The fourth-order valence-electron chi connectivity index (χ4n) is 2.25. The van der Waals surface area contributed by atoms with Crippen LogP contribution < -0.4 is 10.9 Å². The van der Waals surface area contributed by atoms with Crippen molar-refractivity contribution < 1.29 is 18.7 Å². The molecule has 27 heavy (non-hydrogen) atoms. The molecule has 0 saturated heterocycles. The number of halogens is 3. The second-order valence-electron chi connectivity index (χ2n) is 5.35. The Kier molecular flexibility index (Phi) is 5.70. The molecule has 0 bridgehead atoms. The van der Waals surface area contributed by atoms with E-state index in [-0.39, 0.29) is 21.3 Å². The Balaban J connectivity index is 1.70. The van der Waals surface area contributed by atoms with E-state index in [0.717, 1.165) is 0 Å². The van der Waals surface area contributed by atoms with Crippen LogP contribution in [0.1, 0.15) is 10.4 Å². The van der Waals surface area contributed by atoms with Gasteiger partial charge in [-0.25, -0.2) is 9.59 Å². The molecule has 0 aliphatic carbocycles. The van der Waals surface area contributed by atoms with Crippen LogP contribution in [0, 0.1) is 0 Å². The minimum atomic E-state index is -0.988. The van der Waals surface area contributed by atoms with Crippen LogP contribution >= 0.6 is 34.8 Å². The molecule has 0 atom stereocenters. The Bertz CT molecular complexity index is 1090. The normalized spacial score (nSPS) is 10.6. The van der Waals surface area contributed by atoms with Crippen molar-refractivity contribution in [2.24, 2.45) is 0 Å². The summed E-state index contributed by atoms with van der Waals surface area (Å²) >= 11 is 17.7. The fraction of sp³-hybridized carbons (Fsp3) is 0.0556. The van der Waals surface area contributed by atoms with Crippen LogP contribution in [0.25, 0.3) is 11.0 Å². The minimum Gasteiger partial charge on any atom is -0.452 e. The summed E-state index contributed by atoms with van der Waals surface area (Å²) in [6.07, 6.45) is 0. The number of para-hydroxylation sites is 1. The maximum Gasteiger partial charge on any atom is 0.351 e. The number of amides is 1. The van der Waals surface area contributed by atoms with Gasteiger partial charge in [0.2, 0.25) is 0 Å². The molecule has 0 radical (unpaired) electrons. The zero-order valence-electron chi connectivity index (χ0n) is 13.4. The van der Waals surface area contributed by atoms with Crippen LogP contribution in [-0.2, 0) is 9.53 Å². The van der Waals surface area contributed by atoms with Gasteiger partial charge in [0.15, 0.2) is 6.61 Å². The van der Waals surface area contributed by atoms with Crippen molar-refractivity contribution in [1.82, 2.24) is 0 Å². The number of hydrogen-bond acceptors (Lipinski definition) is 5. The predicted octanol–water partition coefficient (Wildman–Crippen LogP) is 4.55. The van der Waals surface area contributed by atoms with Gasteiger partial charge in [0.05, 0.1) is 15.7 Å². The third-order valence-corrected chi connectivity index (χ3v) is 4.28. The van der Waals surface area contributed by atoms with Gasteiger partial charge in [0.1, 0.15) is 11.1 Å². The number of carbonyl (C=O) groups is 2. The van der Waals surface area contributed by atoms with E-state index in [1.54, 1.807) is 24.3 Å². The van der Waals surface area contributed by atoms with Crippen LogP contribution in [0.15, 0.2) is 51.7 Å². The lowest BCUT2D eigenvalue weighted by atomic mass is 10.2. The lowest BCUT2D eigenvalue weighted by Crippen LogP contribution is -2.23. The number of nitrogens with one attached hydrogen (secondary N) is 1. The summed E-state index contributed by atoms with van der Waals surface area (Å²) in [6, 6.07) is 10.8. The number of benzene rings is 2.